The van der Waals surface area contributed by atoms with Crippen LogP contribution in [0.2, 0.25) is 0 Å². The molecule has 0 radical (unpaired) electrons. The molecule has 1 aliphatic heterocycles. The zero-order valence-corrected chi connectivity index (χ0v) is 23.4. The standard InChI is InChI=1S/C34H38O7/c1-24-18-29(24)22-39-34-33(40-25(2)35)32(38-21-28-16-10-5-11-17-28)31(37-20-27-14-8-4-9-15-27)30(41-34)23-36-19-26-12-6-3-7-13-26/h3-17,29-34H,1,18-23H2,2H3/t29?,30?,31-,32?,33?,34+/m1/s1. The Morgan fingerprint density at radius 2 is 1.24 bits per heavy atom. The summed E-state index contributed by atoms with van der Waals surface area (Å²) in [5.74, 6) is -0.169. The third kappa shape index (κ3) is 8.58. The topological polar surface area (TPSA) is 72.5 Å². The van der Waals surface area contributed by atoms with E-state index in [-0.39, 0.29) is 12.5 Å². The highest BCUT2D eigenvalue weighted by Crippen LogP contribution is 2.37. The molecule has 7 nitrogen and oxygen atoms in total. The van der Waals surface area contributed by atoms with Gasteiger partial charge >= 0.3 is 5.97 Å². The van der Waals surface area contributed by atoms with Gasteiger partial charge in [0.25, 0.3) is 0 Å². The van der Waals surface area contributed by atoms with Crippen molar-refractivity contribution in [3.63, 3.8) is 0 Å². The molecule has 41 heavy (non-hydrogen) atoms. The summed E-state index contributed by atoms with van der Waals surface area (Å²) >= 11 is 0. The van der Waals surface area contributed by atoms with Crippen LogP contribution in [0.15, 0.2) is 103 Å². The number of hydrogen-bond donors (Lipinski definition) is 0. The van der Waals surface area contributed by atoms with E-state index < -0.39 is 36.7 Å². The zero-order valence-electron chi connectivity index (χ0n) is 23.4. The average molecular weight is 559 g/mol. The fraction of sp³-hybridized carbons (Fsp3) is 0.382. The van der Waals surface area contributed by atoms with Crippen LogP contribution in [0.4, 0.5) is 0 Å². The molecule has 3 aromatic carbocycles. The Labute approximate surface area is 242 Å². The molecule has 2 fully saturated rings. The largest absolute Gasteiger partial charge is 0.454 e. The van der Waals surface area contributed by atoms with Crippen LogP contribution in [-0.4, -0.2) is 49.9 Å². The number of esters is 1. The third-order valence-corrected chi connectivity index (χ3v) is 7.24. The Hall–Kier alpha value is -3.33. The second kappa shape index (κ2) is 14.5. The molecule has 1 saturated heterocycles. The van der Waals surface area contributed by atoms with E-state index in [1.807, 2.05) is 91.0 Å². The molecule has 6 atom stereocenters. The lowest BCUT2D eigenvalue weighted by atomic mass is 9.97. The Bertz CT molecular complexity index is 1230. The van der Waals surface area contributed by atoms with Crippen LogP contribution in [0.5, 0.6) is 0 Å². The van der Waals surface area contributed by atoms with Gasteiger partial charge in [0.2, 0.25) is 0 Å². The number of carbonyl (C=O) groups excluding carboxylic acids is 1. The summed E-state index contributed by atoms with van der Waals surface area (Å²) in [4.78, 5) is 12.3. The molecule has 0 bridgehead atoms. The lowest BCUT2D eigenvalue weighted by Gasteiger charge is -2.45. The zero-order chi connectivity index (χ0) is 28.4. The quantitative estimate of drug-likeness (QED) is 0.188. The number of carbonyl (C=O) groups is 1. The highest BCUT2D eigenvalue weighted by molar-refractivity contribution is 5.66. The van der Waals surface area contributed by atoms with Crippen molar-refractivity contribution in [1.82, 2.24) is 0 Å². The summed E-state index contributed by atoms with van der Waals surface area (Å²) in [6.07, 6.45) is -2.58. The smallest absolute Gasteiger partial charge is 0.303 e. The van der Waals surface area contributed by atoms with E-state index in [4.69, 9.17) is 28.4 Å². The molecule has 0 spiro atoms. The first-order chi connectivity index (χ1) is 20.1. The van der Waals surface area contributed by atoms with E-state index >= 15 is 0 Å². The van der Waals surface area contributed by atoms with E-state index in [1.165, 1.54) is 6.92 Å². The molecule has 0 aromatic heterocycles. The maximum absolute atomic E-state index is 12.3. The van der Waals surface area contributed by atoms with E-state index in [1.54, 1.807) is 0 Å². The van der Waals surface area contributed by atoms with Gasteiger partial charge in [0.05, 0.1) is 33.0 Å². The predicted molar refractivity (Wildman–Crippen MR) is 154 cm³/mol. The van der Waals surface area contributed by atoms with Crippen molar-refractivity contribution in [3.05, 3.63) is 120 Å². The maximum atomic E-state index is 12.3. The Morgan fingerprint density at radius 3 is 1.76 bits per heavy atom. The molecule has 0 N–H and O–H groups in total. The van der Waals surface area contributed by atoms with E-state index in [2.05, 4.69) is 6.58 Å². The van der Waals surface area contributed by atoms with Crippen LogP contribution in [0.1, 0.15) is 30.0 Å². The van der Waals surface area contributed by atoms with Gasteiger partial charge < -0.3 is 28.4 Å². The minimum atomic E-state index is -0.852. The molecule has 1 heterocycles. The lowest BCUT2D eigenvalue weighted by molar-refractivity contribution is -0.321. The predicted octanol–water partition coefficient (Wildman–Crippen LogP) is 5.62. The monoisotopic (exact) mass is 558 g/mol. The Morgan fingerprint density at radius 1 is 0.732 bits per heavy atom. The van der Waals surface area contributed by atoms with Gasteiger partial charge in [-0.1, -0.05) is 103 Å². The van der Waals surface area contributed by atoms with Crippen LogP contribution in [0.25, 0.3) is 0 Å². The van der Waals surface area contributed by atoms with Crippen LogP contribution < -0.4 is 0 Å². The van der Waals surface area contributed by atoms with Crippen LogP contribution in [0.3, 0.4) is 0 Å². The van der Waals surface area contributed by atoms with Crippen LogP contribution >= 0.6 is 0 Å². The van der Waals surface area contributed by atoms with Crippen molar-refractivity contribution in [2.24, 2.45) is 5.92 Å². The van der Waals surface area contributed by atoms with E-state index in [9.17, 15) is 4.79 Å². The van der Waals surface area contributed by atoms with Gasteiger partial charge in [-0.05, 0) is 23.1 Å². The van der Waals surface area contributed by atoms with Crippen LogP contribution in [-0.2, 0) is 53.0 Å². The van der Waals surface area contributed by atoms with Crippen molar-refractivity contribution in [1.29, 1.82) is 0 Å². The SMILES string of the molecule is C=C1CC1CO[C@H]1OC(COCc2ccccc2)[C@@H](OCc2ccccc2)C(OCc2ccccc2)C1OC(C)=O. The summed E-state index contributed by atoms with van der Waals surface area (Å²) < 4.78 is 37.7. The lowest BCUT2D eigenvalue weighted by Crippen LogP contribution is -2.62. The summed E-state index contributed by atoms with van der Waals surface area (Å²) in [7, 11) is 0. The molecule has 1 saturated carbocycles. The molecular weight excluding hydrogens is 520 g/mol. The fourth-order valence-corrected chi connectivity index (χ4v) is 4.90. The minimum Gasteiger partial charge on any atom is -0.454 e. The number of hydrogen-bond acceptors (Lipinski definition) is 7. The van der Waals surface area contributed by atoms with Gasteiger partial charge in [-0.25, -0.2) is 0 Å². The highest BCUT2D eigenvalue weighted by atomic mass is 16.7. The molecule has 7 heteroatoms. The molecule has 4 unspecified atom stereocenters. The fourth-order valence-electron chi connectivity index (χ4n) is 4.90. The first kappa shape index (κ1) is 29.2. The summed E-state index contributed by atoms with van der Waals surface area (Å²) in [6, 6.07) is 29.7. The minimum absolute atomic E-state index is 0.238. The van der Waals surface area contributed by atoms with Gasteiger partial charge in [0.1, 0.15) is 18.3 Å². The Kier molecular flexibility index (Phi) is 10.3. The van der Waals surface area contributed by atoms with Gasteiger partial charge in [0.15, 0.2) is 12.4 Å². The van der Waals surface area contributed by atoms with Crippen molar-refractivity contribution in [3.8, 4) is 0 Å². The van der Waals surface area contributed by atoms with Crippen molar-refractivity contribution >= 4 is 5.97 Å². The van der Waals surface area contributed by atoms with Crippen molar-refractivity contribution < 1.29 is 33.2 Å². The normalized spacial score (nSPS) is 25.5. The van der Waals surface area contributed by atoms with E-state index in [0.29, 0.717) is 26.4 Å². The molecular formula is C34H38O7. The molecule has 2 aliphatic rings. The number of ether oxygens (including phenoxy) is 6. The van der Waals surface area contributed by atoms with Gasteiger partial charge in [-0.15, -0.1) is 0 Å². The summed E-state index contributed by atoms with van der Waals surface area (Å²) in [5, 5.41) is 0. The van der Waals surface area contributed by atoms with Gasteiger partial charge in [-0.2, -0.15) is 0 Å². The van der Waals surface area contributed by atoms with E-state index in [0.717, 1.165) is 28.7 Å². The second-order valence-electron chi connectivity index (χ2n) is 10.5. The molecule has 0 amide bonds. The van der Waals surface area contributed by atoms with Crippen LogP contribution in [0, 0.1) is 5.92 Å². The highest BCUT2D eigenvalue weighted by Gasteiger charge is 2.50. The third-order valence-electron chi connectivity index (χ3n) is 7.24. The Balaban J connectivity index is 1.39. The maximum Gasteiger partial charge on any atom is 0.303 e. The number of rotatable bonds is 14. The second-order valence-corrected chi connectivity index (χ2v) is 10.5. The first-order valence-electron chi connectivity index (χ1n) is 14.1. The first-order valence-corrected chi connectivity index (χ1v) is 14.1. The average Bonchev–Trinajstić information content (AvgIpc) is 3.71. The van der Waals surface area contributed by atoms with Crippen molar-refractivity contribution in [2.75, 3.05) is 13.2 Å². The van der Waals surface area contributed by atoms with Gasteiger partial charge in [0, 0.05) is 12.8 Å². The molecule has 1 aliphatic carbocycles. The summed E-state index contributed by atoms with van der Waals surface area (Å²) in [6.45, 7) is 7.13. The number of benzene rings is 3. The molecule has 216 valence electrons. The van der Waals surface area contributed by atoms with Gasteiger partial charge in [-0.3, -0.25) is 4.79 Å². The van der Waals surface area contributed by atoms with Crippen molar-refractivity contribution in [2.45, 2.75) is 63.9 Å². The molecule has 3 aromatic rings. The molecule has 5 rings (SSSR count). The summed E-state index contributed by atoms with van der Waals surface area (Å²) in [5.41, 5.74) is 4.20.